The van der Waals surface area contributed by atoms with Gasteiger partial charge in [-0.1, -0.05) is 31.2 Å². The molecule has 118 valence electrons. The Kier molecular flexibility index (Phi) is 5.44. The van der Waals surface area contributed by atoms with E-state index in [1.807, 2.05) is 19.1 Å². The van der Waals surface area contributed by atoms with E-state index in [4.69, 9.17) is 4.74 Å². The zero-order valence-corrected chi connectivity index (χ0v) is 12.4. The van der Waals surface area contributed by atoms with E-state index < -0.39 is 17.8 Å². The van der Waals surface area contributed by atoms with Crippen molar-refractivity contribution in [2.75, 3.05) is 13.9 Å². The summed E-state index contributed by atoms with van der Waals surface area (Å²) in [4.78, 5) is 0. The molecule has 0 spiro atoms. The lowest BCUT2D eigenvalue weighted by Crippen LogP contribution is -2.04. The fraction of sp³-hybridized carbons (Fsp3) is 0.294. The van der Waals surface area contributed by atoms with Crippen LogP contribution in [0.5, 0.6) is 5.75 Å². The van der Waals surface area contributed by atoms with Crippen LogP contribution in [0.25, 0.3) is 11.1 Å². The van der Waals surface area contributed by atoms with Crippen molar-refractivity contribution in [2.24, 2.45) is 0 Å². The second kappa shape index (κ2) is 7.31. The van der Waals surface area contributed by atoms with Crippen molar-refractivity contribution < 1.29 is 22.6 Å². The average Bonchev–Trinajstić information content (AvgIpc) is 2.52. The topological polar surface area (TPSA) is 18.5 Å². The third-order valence-electron chi connectivity index (χ3n) is 3.36. The molecule has 0 aromatic heterocycles. The van der Waals surface area contributed by atoms with Crippen LogP contribution in [0.15, 0.2) is 36.4 Å². The maximum absolute atomic E-state index is 14.5. The van der Waals surface area contributed by atoms with Crippen LogP contribution in [0, 0.1) is 5.82 Å². The average molecular weight is 310 g/mol. The van der Waals surface area contributed by atoms with Gasteiger partial charge in [-0.2, -0.15) is 0 Å². The van der Waals surface area contributed by atoms with Crippen LogP contribution in [0.2, 0.25) is 0 Å². The fourth-order valence-electron chi connectivity index (χ4n) is 2.17. The van der Waals surface area contributed by atoms with E-state index in [2.05, 4.69) is 4.74 Å². The monoisotopic (exact) mass is 310 g/mol. The first-order chi connectivity index (χ1) is 10.6. The molecule has 0 aliphatic carbocycles. The Bertz CT molecular complexity index is 625. The molecule has 0 unspecified atom stereocenters. The standard InChI is InChI=1S/C17H17F3O2/c1-3-11-4-6-12(7-5-11)13-8-9-14(22-10-21-2)15(16(13)18)17(19)20/h4-9,17H,3,10H2,1-2H3. The second-order valence-electron chi connectivity index (χ2n) is 4.74. The Morgan fingerprint density at radius 3 is 2.27 bits per heavy atom. The lowest BCUT2D eigenvalue weighted by molar-refractivity contribution is 0.0460. The maximum atomic E-state index is 14.5. The minimum Gasteiger partial charge on any atom is -0.467 e. The molecule has 2 nitrogen and oxygen atoms in total. The van der Waals surface area contributed by atoms with Crippen molar-refractivity contribution >= 4 is 0 Å². The molecule has 0 N–H and O–H groups in total. The zero-order chi connectivity index (χ0) is 16.1. The van der Waals surface area contributed by atoms with Gasteiger partial charge in [0.05, 0.1) is 5.56 Å². The Morgan fingerprint density at radius 2 is 1.73 bits per heavy atom. The van der Waals surface area contributed by atoms with Crippen LogP contribution < -0.4 is 4.74 Å². The highest BCUT2D eigenvalue weighted by Gasteiger charge is 2.23. The van der Waals surface area contributed by atoms with E-state index in [-0.39, 0.29) is 18.1 Å². The third kappa shape index (κ3) is 3.42. The van der Waals surface area contributed by atoms with Gasteiger partial charge >= 0.3 is 0 Å². The molecule has 0 saturated heterocycles. The zero-order valence-electron chi connectivity index (χ0n) is 12.4. The highest BCUT2D eigenvalue weighted by Crippen LogP contribution is 2.37. The first-order valence-corrected chi connectivity index (χ1v) is 6.90. The van der Waals surface area contributed by atoms with Gasteiger partial charge < -0.3 is 9.47 Å². The van der Waals surface area contributed by atoms with Crippen molar-refractivity contribution in [3.05, 3.63) is 53.3 Å². The van der Waals surface area contributed by atoms with Crippen molar-refractivity contribution in [3.8, 4) is 16.9 Å². The summed E-state index contributed by atoms with van der Waals surface area (Å²) < 4.78 is 50.5. The van der Waals surface area contributed by atoms with Crippen molar-refractivity contribution in [1.29, 1.82) is 0 Å². The molecule has 0 radical (unpaired) electrons. The molecular formula is C17H17F3O2. The van der Waals surface area contributed by atoms with E-state index in [0.717, 1.165) is 12.0 Å². The molecule has 0 bridgehead atoms. The first kappa shape index (κ1) is 16.4. The Labute approximate surface area is 127 Å². The van der Waals surface area contributed by atoms with Crippen LogP contribution in [-0.2, 0) is 11.2 Å². The lowest BCUT2D eigenvalue weighted by Gasteiger charge is -2.14. The number of benzene rings is 2. The van der Waals surface area contributed by atoms with Gasteiger partial charge in [-0.05, 0) is 29.7 Å². The highest BCUT2D eigenvalue weighted by molar-refractivity contribution is 5.67. The maximum Gasteiger partial charge on any atom is 0.270 e. The lowest BCUT2D eigenvalue weighted by atomic mass is 10.00. The molecule has 5 heteroatoms. The van der Waals surface area contributed by atoms with Gasteiger partial charge in [-0.3, -0.25) is 0 Å². The number of alkyl halides is 2. The number of aryl methyl sites for hydroxylation is 1. The third-order valence-corrected chi connectivity index (χ3v) is 3.36. The molecule has 0 aliphatic heterocycles. The number of methoxy groups -OCH3 is 1. The summed E-state index contributed by atoms with van der Waals surface area (Å²) in [5.74, 6) is -1.17. The van der Waals surface area contributed by atoms with E-state index in [1.54, 1.807) is 12.1 Å². The minimum atomic E-state index is -2.97. The fourth-order valence-corrected chi connectivity index (χ4v) is 2.17. The van der Waals surface area contributed by atoms with Gasteiger partial charge in [0.1, 0.15) is 11.6 Å². The molecule has 0 fully saturated rings. The molecule has 0 saturated carbocycles. The SMILES string of the molecule is CCc1ccc(-c2ccc(OCOC)c(C(F)F)c2F)cc1. The number of rotatable bonds is 6. The summed E-state index contributed by atoms with van der Waals surface area (Å²) in [5.41, 5.74) is 1.03. The van der Waals surface area contributed by atoms with E-state index in [9.17, 15) is 13.2 Å². The van der Waals surface area contributed by atoms with Gasteiger partial charge in [0, 0.05) is 12.7 Å². The first-order valence-electron chi connectivity index (χ1n) is 6.90. The summed E-state index contributed by atoms with van der Waals surface area (Å²) in [5, 5.41) is 0. The van der Waals surface area contributed by atoms with Crippen LogP contribution in [0.1, 0.15) is 24.5 Å². The van der Waals surface area contributed by atoms with Crippen LogP contribution >= 0.6 is 0 Å². The Balaban J connectivity index is 2.46. The quantitative estimate of drug-likeness (QED) is 0.701. The largest absolute Gasteiger partial charge is 0.467 e. The molecular weight excluding hydrogens is 293 g/mol. The number of ether oxygens (including phenoxy) is 2. The summed E-state index contributed by atoms with van der Waals surface area (Å²) in [6.45, 7) is 1.79. The second-order valence-corrected chi connectivity index (χ2v) is 4.74. The van der Waals surface area contributed by atoms with E-state index in [1.165, 1.54) is 19.2 Å². The molecule has 2 aromatic carbocycles. The summed E-state index contributed by atoms with van der Waals surface area (Å²) in [6, 6.07) is 9.93. The molecule has 2 rings (SSSR count). The van der Waals surface area contributed by atoms with Crippen LogP contribution in [0.4, 0.5) is 13.2 Å². The summed E-state index contributed by atoms with van der Waals surface area (Å²) in [6.07, 6.45) is -2.11. The van der Waals surface area contributed by atoms with Gasteiger partial charge in [-0.15, -0.1) is 0 Å². The van der Waals surface area contributed by atoms with Crippen LogP contribution in [-0.4, -0.2) is 13.9 Å². The number of hydrogen-bond acceptors (Lipinski definition) is 2. The van der Waals surface area contributed by atoms with Gasteiger partial charge in [0.15, 0.2) is 6.79 Å². The molecule has 22 heavy (non-hydrogen) atoms. The Morgan fingerprint density at radius 1 is 1.05 bits per heavy atom. The van der Waals surface area contributed by atoms with E-state index in [0.29, 0.717) is 5.56 Å². The van der Waals surface area contributed by atoms with Gasteiger partial charge in [-0.25, -0.2) is 13.2 Å². The molecule has 0 atom stereocenters. The molecule has 0 amide bonds. The smallest absolute Gasteiger partial charge is 0.270 e. The van der Waals surface area contributed by atoms with Gasteiger partial charge in [0.25, 0.3) is 6.43 Å². The van der Waals surface area contributed by atoms with Crippen molar-refractivity contribution in [3.63, 3.8) is 0 Å². The molecule has 0 aliphatic rings. The normalized spacial score (nSPS) is 11.0. The molecule has 2 aromatic rings. The molecule has 0 heterocycles. The predicted molar refractivity (Wildman–Crippen MR) is 78.7 cm³/mol. The minimum absolute atomic E-state index is 0.128. The Hall–Kier alpha value is -2.01. The van der Waals surface area contributed by atoms with Gasteiger partial charge in [0.2, 0.25) is 0 Å². The van der Waals surface area contributed by atoms with Crippen molar-refractivity contribution in [2.45, 2.75) is 19.8 Å². The van der Waals surface area contributed by atoms with E-state index >= 15 is 0 Å². The van der Waals surface area contributed by atoms with Crippen LogP contribution in [0.3, 0.4) is 0 Å². The predicted octanol–water partition coefficient (Wildman–Crippen LogP) is 4.98. The number of halogens is 3. The van der Waals surface area contributed by atoms with Crippen molar-refractivity contribution in [1.82, 2.24) is 0 Å². The number of hydrogen-bond donors (Lipinski definition) is 0. The highest BCUT2D eigenvalue weighted by atomic mass is 19.3. The summed E-state index contributed by atoms with van der Waals surface area (Å²) in [7, 11) is 1.36. The summed E-state index contributed by atoms with van der Waals surface area (Å²) >= 11 is 0.